The van der Waals surface area contributed by atoms with Crippen molar-refractivity contribution < 1.29 is 19.8 Å². The standard InChI is InChI=1S/C22H33N3O4/c1-13(2)10-17(20(27)28)23-21(29)25(5)19-18-11-14-6-7-15(26)12-16(14)22(19,3)8-9-24(18)4/h6-7,12-13,17-19,26H,8-11H2,1-5H3,(H,23,29)(H,27,28)/t17?,18?,19-,22?/m0/s1. The number of carbonyl (C=O) groups is 2. The summed E-state index contributed by atoms with van der Waals surface area (Å²) in [5, 5.41) is 22.3. The van der Waals surface area contributed by atoms with Crippen LogP contribution in [-0.2, 0) is 16.6 Å². The van der Waals surface area contributed by atoms with Crippen LogP contribution in [0.25, 0.3) is 0 Å². The van der Waals surface area contributed by atoms with E-state index in [-0.39, 0.29) is 35.2 Å². The van der Waals surface area contributed by atoms with Gasteiger partial charge in [-0.1, -0.05) is 26.8 Å². The van der Waals surface area contributed by atoms with Gasteiger partial charge in [0, 0.05) is 18.5 Å². The van der Waals surface area contributed by atoms with Crippen LogP contribution in [0.4, 0.5) is 4.79 Å². The second kappa shape index (κ2) is 7.86. The number of phenols is 1. The van der Waals surface area contributed by atoms with Gasteiger partial charge in [0.25, 0.3) is 0 Å². The summed E-state index contributed by atoms with van der Waals surface area (Å²) < 4.78 is 0. The normalized spacial score (nSPS) is 27.2. The summed E-state index contributed by atoms with van der Waals surface area (Å²) in [4.78, 5) is 28.7. The van der Waals surface area contributed by atoms with Crippen LogP contribution < -0.4 is 5.32 Å². The van der Waals surface area contributed by atoms with Crippen LogP contribution in [0.15, 0.2) is 18.2 Å². The Morgan fingerprint density at radius 3 is 2.69 bits per heavy atom. The fraction of sp³-hybridized carbons (Fsp3) is 0.636. The summed E-state index contributed by atoms with van der Waals surface area (Å²) in [7, 11) is 3.83. The van der Waals surface area contributed by atoms with Crippen molar-refractivity contribution in [2.45, 2.75) is 63.6 Å². The maximum Gasteiger partial charge on any atom is 0.326 e. The van der Waals surface area contributed by atoms with Gasteiger partial charge in [-0.3, -0.25) is 0 Å². The summed E-state index contributed by atoms with van der Waals surface area (Å²) in [6.45, 7) is 6.95. The van der Waals surface area contributed by atoms with Gasteiger partial charge >= 0.3 is 12.0 Å². The average Bonchev–Trinajstić information content (AvgIpc) is 2.64. The molecule has 2 bridgehead atoms. The molecule has 3 rings (SSSR count). The zero-order valence-electron chi connectivity index (χ0n) is 18.0. The first kappa shape index (κ1) is 21.4. The average molecular weight is 404 g/mol. The Bertz CT molecular complexity index is 796. The monoisotopic (exact) mass is 403 g/mol. The number of fused-ring (bicyclic) bond motifs is 4. The maximum atomic E-state index is 13.1. The number of nitrogens with one attached hydrogen (secondary N) is 1. The van der Waals surface area contributed by atoms with Crippen molar-refractivity contribution in [1.29, 1.82) is 0 Å². The third-order valence-electron chi connectivity index (χ3n) is 6.75. The number of carbonyl (C=O) groups excluding carboxylic acids is 1. The molecule has 3 N–H and O–H groups in total. The lowest BCUT2D eigenvalue weighted by Gasteiger charge is -2.57. The van der Waals surface area contributed by atoms with Crippen molar-refractivity contribution >= 4 is 12.0 Å². The molecule has 0 aromatic heterocycles. The first-order chi connectivity index (χ1) is 13.5. The van der Waals surface area contributed by atoms with Crippen LogP contribution in [0.5, 0.6) is 5.75 Å². The zero-order chi connectivity index (χ0) is 21.5. The fourth-order valence-corrected chi connectivity index (χ4v) is 5.20. The summed E-state index contributed by atoms with van der Waals surface area (Å²) in [6.07, 6.45) is 2.03. The van der Waals surface area contributed by atoms with Gasteiger partial charge < -0.3 is 25.3 Å². The van der Waals surface area contributed by atoms with Gasteiger partial charge in [-0.15, -0.1) is 0 Å². The van der Waals surface area contributed by atoms with Crippen molar-refractivity contribution in [3.63, 3.8) is 0 Å². The van der Waals surface area contributed by atoms with E-state index in [2.05, 4.69) is 24.2 Å². The van der Waals surface area contributed by atoms with Gasteiger partial charge in [-0.25, -0.2) is 9.59 Å². The number of benzene rings is 1. The van der Waals surface area contributed by atoms with Crippen molar-refractivity contribution in [3.05, 3.63) is 29.3 Å². The van der Waals surface area contributed by atoms with E-state index in [4.69, 9.17) is 0 Å². The fourth-order valence-electron chi connectivity index (χ4n) is 5.20. The molecule has 1 saturated heterocycles. The molecule has 1 fully saturated rings. The highest BCUT2D eigenvalue weighted by molar-refractivity contribution is 5.82. The third-order valence-corrected chi connectivity index (χ3v) is 6.75. The number of hydrogen-bond donors (Lipinski definition) is 3. The van der Waals surface area contributed by atoms with E-state index in [1.807, 2.05) is 26.0 Å². The molecule has 7 heteroatoms. The van der Waals surface area contributed by atoms with Crippen LogP contribution in [0, 0.1) is 5.92 Å². The van der Waals surface area contributed by atoms with Crippen LogP contribution in [0.3, 0.4) is 0 Å². The number of amides is 2. The van der Waals surface area contributed by atoms with E-state index in [0.717, 1.165) is 24.9 Å². The molecule has 2 amide bonds. The second-order valence-corrected chi connectivity index (χ2v) is 9.29. The van der Waals surface area contributed by atoms with Crippen LogP contribution in [0.2, 0.25) is 0 Å². The predicted molar refractivity (Wildman–Crippen MR) is 111 cm³/mol. The molecule has 7 nitrogen and oxygen atoms in total. The van der Waals surface area contributed by atoms with E-state index in [0.29, 0.717) is 6.42 Å². The lowest BCUT2D eigenvalue weighted by molar-refractivity contribution is -0.139. The molecule has 1 aromatic rings. The number of hydrogen-bond acceptors (Lipinski definition) is 4. The second-order valence-electron chi connectivity index (χ2n) is 9.29. The van der Waals surface area contributed by atoms with E-state index in [1.54, 1.807) is 18.0 Å². The molecule has 1 aliphatic heterocycles. The predicted octanol–water partition coefficient (Wildman–Crippen LogP) is 2.42. The van der Waals surface area contributed by atoms with Crippen molar-refractivity contribution in [3.8, 4) is 5.75 Å². The molecule has 29 heavy (non-hydrogen) atoms. The van der Waals surface area contributed by atoms with Gasteiger partial charge in [0.05, 0.1) is 6.04 Å². The van der Waals surface area contributed by atoms with E-state index >= 15 is 0 Å². The van der Waals surface area contributed by atoms with Crippen LogP contribution in [0.1, 0.15) is 44.7 Å². The lowest BCUT2D eigenvalue weighted by atomic mass is 9.61. The Labute approximate surface area is 172 Å². The minimum absolute atomic E-state index is 0.121. The Morgan fingerprint density at radius 1 is 1.38 bits per heavy atom. The molecule has 160 valence electrons. The molecule has 1 aromatic carbocycles. The lowest BCUT2D eigenvalue weighted by Crippen LogP contribution is -2.68. The Balaban J connectivity index is 1.92. The topological polar surface area (TPSA) is 93.1 Å². The Hall–Kier alpha value is -2.28. The number of carboxylic acids is 1. The van der Waals surface area contributed by atoms with Crippen LogP contribution in [-0.4, -0.2) is 70.8 Å². The summed E-state index contributed by atoms with van der Waals surface area (Å²) in [5.74, 6) is -0.617. The molecule has 3 unspecified atom stereocenters. The highest BCUT2D eigenvalue weighted by Crippen LogP contribution is 2.47. The highest BCUT2D eigenvalue weighted by Gasteiger charge is 2.52. The number of urea groups is 1. The van der Waals surface area contributed by atoms with Gasteiger partial charge in [0.15, 0.2) is 0 Å². The van der Waals surface area contributed by atoms with Gasteiger partial charge in [0.1, 0.15) is 11.8 Å². The maximum absolute atomic E-state index is 13.1. The number of aromatic hydroxyl groups is 1. The Morgan fingerprint density at radius 2 is 2.07 bits per heavy atom. The number of phenolic OH excluding ortho intramolecular Hbond substituents is 1. The zero-order valence-corrected chi connectivity index (χ0v) is 18.0. The quantitative estimate of drug-likeness (QED) is 0.702. The number of rotatable bonds is 5. The highest BCUT2D eigenvalue weighted by atomic mass is 16.4. The van der Waals surface area contributed by atoms with E-state index in [1.165, 1.54) is 5.56 Å². The number of nitrogens with zero attached hydrogens (tertiary/aromatic N) is 2. The molecule has 4 atom stereocenters. The van der Waals surface area contributed by atoms with E-state index in [9.17, 15) is 19.8 Å². The summed E-state index contributed by atoms with van der Waals surface area (Å²) in [6, 6.07) is 4.27. The molecule has 1 heterocycles. The SMILES string of the molecule is CC(C)CC(NC(=O)N(C)[C@H]1C2Cc3ccc(O)cc3C1(C)CCN2C)C(=O)O. The number of aliphatic carboxylic acids is 1. The van der Waals surface area contributed by atoms with E-state index < -0.39 is 12.0 Å². The van der Waals surface area contributed by atoms with Gasteiger partial charge in [-0.05, 0) is 62.0 Å². The number of likely N-dealkylation sites (N-methyl/N-ethyl adjacent to an activating group) is 2. The number of piperidine rings is 1. The third kappa shape index (κ3) is 3.92. The minimum atomic E-state index is -1.01. The smallest absolute Gasteiger partial charge is 0.326 e. The molecular formula is C22H33N3O4. The molecular weight excluding hydrogens is 370 g/mol. The van der Waals surface area contributed by atoms with Crippen molar-refractivity contribution in [1.82, 2.24) is 15.1 Å². The summed E-state index contributed by atoms with van der Waals surface area (Å²) in [5.41, 5.74) is 1.98. The van der Waals surface area contributed by atoms with Crippen LogP contribution >= 0.6 is 0 Å². The molecule has 0 radical (unpaired) electrons. The minimum Gasteiger partial charge on any atom is -0.508 e. The number of carboxylic acid groups (broad SMARTS) is 1. The molecule has 0 saturated carbocycles. The molecule has 1 aliphatic carbocycles. The van der Waals surface area contributed by atoms with Gasteiger partial charge in [0.2, 0.25) is 0 Å². The Kier molecular flexibility index (Phi) is 5.81. The first-order valence-electron chi connectivity index (χ1n) is 10.3. The van der Waals surface area contributed by atoms with Crippen molar-refractivity contribution in [2.24, 2.45) is 5.92 Å². The first-order valence-corrected chi connectivity index (χ1v) is 10.3. The van der Waals surface area contributed by atoms with Gasteiger partial charge in [-0.2, -0.15) is 0 Å². The number of likely N-dealkylation sites (tertiary alicyclic amines) is 1. The van der Waals surface area contributed by atoms with Crippen molar-refractivity contribution in [2.75, 3.05) is 20.6 Å². The molecule has 0 spiro atoms. The largest absolute Gasteiger partial charge is 0.508 e. The molecule has 2 aliphatic rings. The summed E-state index contributed by atoms with van der Waals surface area (Å²) >= 11 is 0.